The summed E-state index contributed by atoms with van der Waals surface area (Å²) in [5.74, 6) is 0.0906. The fourth-order valence-electron chi connectivity index (χ4n) is 2.59. The molecule has 1 saturated heterocycles. The van der Waals surface area contributed by atoms with E-state index in [0.29, 0.717) is 13.1 Å². The molecule has 0 aliphatic carbocycles. The number of aromatic nitrogens is 4. The Bertz CT molecular complexity index is 714. The van der Waals surface area contributed by atoms with Gasteiger partial charge in [-0.25, -0.2) is 17.7 Å². The lowest BCUT2D eigenvalue weighted by Crippen LogP contribution is -2.38. The van der Waals surface area contributed by atoms with Crippen LogP contribution in [-0.2, 0) is 10.0 Å². The SMILES string of the molecule is CS(=O)(=O)N1CCCC(c2cncc(-c3cn[nH]c3)n2)C1. The van der Waals surface area contributed by atoms with E-state index in [2.05, 4.69) is 20.2 Å². The summed E-state index contributed by atoms with van der Waals surface area (Å²) in [5, 5.41) is 6.65. The van der Waals surface area contributed by atoms with Crippen molar-refractivity contribution in [2.24, 2.45) is 0 Å². The van der Waals surface area contributed by atoms with E-state index in [1.807, 2.05) is 0 Å². The summed E-state index contributed by atoms with van der Waals surface area (Å²) >= 11 is 0. The topological polar surface area (TPSA) is 91.8 Å². The van der Waals surface area contributed by atoms with Crippen LogP contribution in [0.5, 0.6) is 0 Å². The second kappa shape index (κ2) is 5.53. The molecule has 0 amide bonds. The second-order valence-corrected chi connectivity index (χ2v) is 7.26. The van der Waals surface area contributed by atoms with Gasteiger partial charge in [-0.2, -0.15) is 5.10 Å². The largest absolute Gasteiger partial charge is 0.285 e. The van der Waals surface area contributed by atoms with Crippen LogP contribution in [0.1, 0.15) is 24.5 Å². The normalized spacial score (nSPS) is 20.5. The Labute approximate surface area is 123 Å². The second-order valence-electron chi connectivity index (χ2n) is 5.28. The number of piperidine rings is 1. The molecule has 3 heterocycles. The number of hydrogen-bond donors (Lipinski definition) is 1. The zero-order valence-corrected chi connectivity index (χ0v) is 12.5. The predicted molar refractivity (Wildman–Crippen MR) is 78.0 cm³/mol. The van der Waals surface area contributed by atoms with Crippen molar-refractivity contribution < 1.29 is 8.42 Å². The molecule has 8 heteroatoms. The standard InChI is InChI=1S/C13H17N5O2S/c1-21(19,20)18-4-2-3-10(9-18)12-7-14-8-13(17-12)11-5-15-16-6-11/h5-8,10H,2-4,9H2,1H3,(H,15,16). The van der Waals surface area contributed by atoms with E-state index in [4.69, 9.17) is 0 Å². The average Bonchev–Trinajstić information content (AvgIpc) is 3.01. The van der Waals surface area contributed by atoms with Crippen molar-refractivity contribution in [3.63, 3.8) is 0 Å². The summed E-state index contributed by atoms with van der Waals surface area (Å²) in [6.45, 7) is 1.06. The molecule has 1 aliphatic heterocycles. The molecule has 1 fully saturated rings. The van der Waals surface area contributed by atoms with E-state index in [9.17, 15) is 8.42 Å². The Morgan fingerprint density at radius 3 is 2.90 bits per heavy atom. The Hall–Kier alpha value is -1.80. The number of sulfonamides is 1. The molecule has 1 unspecified atom stereocenters. The molecule has 1 atom stereocenters. The third-order valence-electron chi connectivity index (χ3n) is 3.72. The van der Waals surface area contributed by atoms with Crippen molar-refractivity contribution >= 4 is 10.0 Å². The van der Waals surface area contributed by atoms with Gasteiger partial charge >= 0.3 is 0 Å². The van der Waals surface area contributed by atoms with Crippen molar-refractivity contribution in [3.05, 3.63) is 30.5 Å². The van der Waals surface area contributed by atoms with Crippen LogP contribution in [-0.4, -0.2) is 52.2 Å². The fraction of sp³-hybridized carbons (Fsp3) is 0.462. The summed E-state index contributed by atoms with van der Waals surface area (Å²) in [6.07, 6.45) is 9.88. The highest BCUT2D eigenvalue weighted by Crippen LogP contribution is 2.27. The maximum atomic E-state index is 11.7. The number of nitrogens with zero attached hydrogens (tertiary/aromatic N) is 4. The quantitative estimate of drug-likeness (QED) is 0.913. The molecule has 0 spiro atoms. The Morgan fingerprint density at radius 2 is 2.19 bits per heavy atom. The van der Waals surface area contributed by atoms with Gasteiger partial charge in [-0.15, -0.1) is 0 Å². The van der Waals surface area contributed by atoms with Gasteiger partial charge in [0.2, 0.25) is 10.0 Å². The lowest BCUT2D eigenvalue weighted by molar-refractivity contribution is 0.314. The van der Waals surface area contributed by atoms with Gasteiger partial charge in [0.05, 0.1) is 30.0 Å². The average molecular weight is 307 g/mol. The highest BCUT2D eigenvalue weighted by atomic mass is 32.2. The summed E-state index contributed by atoms with van der Waals surface area (Å²) in [7, 11) is -3.15. The van der Waals surface area contributed by atoms with Crippen LogP contribution in [0.2, 0.25) is 0 Å². The van der Waals surface area contributed by atoms with Crippen LogP contribution < -0.4 is 0 Å². The number of aromatic amines is 1. The van der Waals surface area contributed by atoms with Crippen LogP contribution in [0.4, 0.5) is 0 Å². The van der Waals surface area contributed by atoms with E-state index < -0.39 is 10.0 Å². The number of nitrogens with one attached hydrogen (secondary N) is 1. The third kappa shape index (κ3) is 3.11. The molecule has 1 N–H and O–H groups in total. The first kappa shape index (κ1) is 14.2. The minimum Gasteiger partial charge on any atom is -0.285 e. The van der Waals surface area contributed by atoms with Crippen LogP contribution >= 0.6 is 0 Å². The zero-order chi connectivity index (χ0) is 14.9. The lowest BCUT2D eigenvalue weighted by Gasteiger charge is -2.30. The number of H-pyrrole nitrogens is 1. The molecule has 7 nitrogen and oxygen atoms in total. The van der Waals surface area contributed by atoms with E-state index in [-0.39, 0.29) is 5.92 Å². The minimum atomic E-state index is -3.15. The molecule has 3 rings (SSSR count). The van der Waals surface area contributed by atoms with E-state index in [1.165, 1.54) is 10.6 Å². The van der Waals surface area contributed by atoms with Crippen molar-refractivity contribution in [1.29, 1.82) is 0 Å². The van der Waals surface area contributed by atoms with Crippen molar-refractivity contribution in [3.8, 4) is 11.3 Å². The smallest absolute Gasteiger partial charge is 0.211 e. The summed E-state index contributed by atoms with van der Waals surface area (Å²) in [4.78, 5) is 8.84. The minimum absolute atomic E-state index is 0.0906. The fourth-order valence-corrected chi connectivity index (χ4v) is 3.50. The maximum Gasteiger partial charge on any atom is 0.211 e. The first-order valence-corrected chi connectivity index (χ1v) is 8.65. The molecular weight excluding hydrogens is 290 g/mol. The summed E-state index contributed by atoms with van der Waals surface area (Å²) in [5.41, 5.74) is 2.46. The van der Waals surface area contributed by atoms with Crippen molar-refractivity contribution in [2.75, 3.05) is 19.3 Å². The summed E-state index contributed by atoms with van der Waals surface area (Å²) in [6, 6.07) is 0. The zero-order valence-electron chi connectivity index (χ0n) is 11.7. The van der Waals surface area contributed by atoms with Gasteiger partial charge in [-0.1, -0.05) is 0 Å². The van der Waals surface area contributed by atoms with E-state index in [1.54, 1.807) is 24.8 Å². The van der Waals surface area contributed by atoms with Crippen LogP contribution in [0.3, 0.4) is 0 Å². The maximum absolute atomic E-state index is 11.7. The molecule has 2 aromatic rings. The van der Waals surface area contributed by atoms with Gasteiger partial charge in [-0.05, 0) is 12.8 Å². The Morgan fingerprint density at radius 1 is 1.33 bits per heavy atom. The van der Waals surface area contributed by atoms with Gasteiger partial charge in [0, 0.05) is 37.0 Å². The van der Waals surface area contributed by atoms with Gasteiger partial charge in [-0.3, -0.25) is 10.1 Å². The number of rotatable bonds is 3. The van der Waals surface area contributed by atoms with Gasteiger partial charge in [0.25, 0.3) is 0 Å². The molecule has 0 aromatic carbocycles. The highest BCUT2D eigenvalue weighted by molar-refractivity contribution is 7.88. The molecule has 0 saturated carbocycles. The van der Waals surface area contributed by atoms with Gasteiger partial charge < -0.3 is 0 Å². The molecular formula is C13H17N5O2S. The monoisotopic (exact) mass is 307 g/mol. The van der Waals surface area contributed by atoms with Crippen molar-refractivity contribution in [2.45, 2.75) is 18.8 Å². The third-order valence-corrected chi connectivity index (χ3v) is 4.99. The van der Waals surface area contributed by atoms with Crippen LogP contribution in [0, 0.1) is 0 Å². The summed E-state index contributed by atoms with van der Waals surface area (Å²) < 4.78 is 24.9. The van der Waals surface area contributed by atoms with Gasteiger partial charge in [0.1, 0.15) is 0 Å². The van der Waals surface area contributed by atoms with Crippen molar-refractivity contribution in [1.82, 2.24) is 24.5 Å². The van der Waals surface area contributed by atoms with E-state index >= 15 is 0 Å². The molecule has 1 aliphatic rings. The Kier molecular flexibility index (Phi) is 3.73. The van der Waals surface area contributed by atoms with Gasteiger partial charge in [0.15, 0.2) is 0 Å². The first-order valence-electron chi connectivity index (χ1n) is 6.80. The molecule has 0 bridgehead atoms. The molecule has 21 heavy (non-hydrogen) atoms. The molecule has 0 radical (unpaired) electrons. The van der Waals surface area contributed by atoms with Crippen LogP contribution in [0.15, 0.2) is 24.8 Å². The highest BCUT2D eigenvalue weighted by Gasteiger charge is 2.27. The predicted octanol–water partition coefficient (Wildman–Crippen LogP) is 1.01. The first-order chi connectivity index (χ1) is 10.0. The van der Waals surface area contributed by atoms with E-state index in [0.717, 1.165) is 29.8 Å². The van der Waals surface area contributed by atoms with Crippen LogP contribution in [0.25, 0.3) is 11.3 Å². The molecule has 112 valence electrons. The Balaban J connectivity index is 1.85. The number of hydrogen-bond acceptors (Lipinski definition) is 5. The lowest BCUT2D eigenvalue weighted by atomic mass is 9.96. The molecule has 2 aromatic heterocycles.